The average molecular weight is 361 g/mol. The molecule has 2 saturated carbocycles. The minimum absolute atomic E-state index is 0.490. The van der Waals surface area contributed by atoms with E-state index >= 15 is 0 Å². The Kier molecular flexibility index (Phi) is 4.68. The topological polar surface area (TPSA) is 78.5 Å². The highest BCUT2D eigenvalue weighted by Crippen LogP contribution is 2.37. The summed E-state index contributed by atoms with van der Waals surface area (Å²) in [4.78, 5) is 37.7. The number of hydrogen-bond donors (Lipinski definition) is 2. The molecule has 140 valence electrons. The first-order valence-electron chi connectivity index (χ1n) is 8.81. The Morgan fingerprint density at radius 2 is 1.60 bits per heavy atom. The van der Waals surface area contributed by atoms with Gasteiger partial charge in [0.25, 0.3) is 11.6 Å². The van der Waals surface area contributed by atoms with E-state index in [1.807, 2.05) is 5.32 Å². The zero-order chi connectivity index (χ0) is 18.2. The van der Waals surface area contributed by atoms with Gasteiger partial charge in [-0.15, -0.1) is 0 Å². The Hall–Kier alpha value is -1.80. The molecule has 3 fully saturated rings. The van der Waals surface area contributed by atoms with Crippen LogP contribution in [0.5, 0.6) is 0 Å². The van der Waals surface area contributed by atoms with Gasteiger partial charge in [0.1, 0.15) is 0 Å². The van der Waals surface area contributed by atoms with Crippen LogP contribution >= 0.6 is 0 Å². The van der Waals surface area contributed by atoms with E-state index in [1.165, 1.54) is 0 Å². The van der Waals surface area contributed by atoms with E-state index in [9.17, 15) is 27.6 Å². The second-order valence-electron chi connectivity index (χ2n) is 7.12. The zero-order valence-corrected chi connectivity index (χ0v) is 13.8. The lowest BCUT2D eigenvalue weighted by atomic mass is 9.88. The van der Waals surface area contributed by atoms with Crippen LogP contribution in [0.2, 0.25) is 0 Å². The molecule has 1 heterocycles. The third-order valence-electron chi connectivity index (χ3n) is 5.45. The number of rotatable bonds is 3. The van der Waals surface area contributed by atoms with Crippen molar-refractivity contribution in [3.63, 3.8) is 0 Å². The number of carbonyl (C=O) groups is 3. The molecule has 2 N–H and O–H groups in total. The van der Waals surface area contributed by atoms with Crippen molar-refractivity contribution in [2.75, 3.05) is 0 Å². The quantitative estimate of drug-likeness (QED) is 0.758. The molecule has 3 rings (SSSR count). The molecule has 4 amide bonds. The monoisotopic (exact) mass is 361 g/mol. The predicted octanol–water partition coefficient (Wildman–Crippen LogP) is 2.44. The van der Waals surface area contributed by atoms with Crippen molar-refractivity contribution in [1.29, 1.82) is 0 Å². The standard InChI is InChI=1S/C16H22F3N3O3/c17-16(18,19)15(20-12(23)10-6-2-1-3-7-10)13(24)22(14(25)21-15)11-8-4-5-9-11/h10-11H,1-9H2,(H,20,23)(H,21,25). The summed E-state index contributed by atoms with van der Waals surface area (Å²) in [6.07, 6.45) is 0.855. The molecule has 0 aromatic heterocycles. The summed E-state index contributed by atoms with van der Waals surface area (Å²) in [6, 6.07) is -1.62. The molecule has 0 spiro atoms. The number of alkyl halides is 3. The van der Waals surface area contributed by atoms with Gasteiger partial charge in [0, 0.05) is 12.0 Å². The lowest BCUT2D eigenvalue weighted by molar-refractivity contribution is -0.205. The largest absolute Gasteiger partial charge is 0.440 e. The van der Waals surface area contributed by atoms with E-state index in [1.54, 1.807) is 5.32 Å². The Labute approximate surface area is 143 Å². The van der Waals surface area contributed by atoms with Crippen LogP contribution in [0.4, 0.5) is 18.0 Å². The number of nitrogens with zero attached hydrogens (tertiary/aromatic N) is 1. The summed E-state index contributed by atoms with van der Waals surface area (Å²) in [7, 11) is 0. The SMILES string of the molecule is O=C(NC1(C(F)(F)F)NC(=O)N(C2CCCC2)C1=O)C1CCCCC1. The van der Waals surface area contributed by atoms with Crippen molar-refractivity contribution >= 4 is 17.8 Å². The van der Waals surface area contributed by atoms with Crippen LogP contribution in [0.25, 0.3) is 0 Å². The van der Waals surface area contributed by atoms with Crippen LogP contribution in [0.3, 0.4) is 0 Å². The molecule has 0 bridgehead atoms. The van der Waals surface area contributed by atoms with E-state index in [2.05, 4.69) is 0 Å². The van der Waals surface area contributed by atoms with Crippen LogP contribution in [0.1, 0.15) is 57.8 Å². The maximum atomic E-state index is 13.8. The van der Waals surface area contributed by atoms with E-state index in [0.717, 1.165) is 32.1 Å². The summed E-state index contributed by atoms with van der Waals surface area (Å²) in [5.41, 5.74) is -3.35. The first-order chi connectivity index (χ1) is 11.8. The highest BCUT2D eigenvalue weighted by atomic mass is 19.4. The van der Waals surface area contributed by atoms with Gasteiger partial charge in [-0.1, -0.05) is 32.1 Å². The number of imide groups is 1. The molecule has 1 atom stereocenters. The number of urea groups is 1. The minimum atomic E-state index is -5.11. The second-order valence-corrected chi connectivity index (χ2v) is 7.12. The molecule has 1 saturated heterocycles. The summed E-state index contributed by atoms with van der Waals surface area (Å²) in [5, 5.41) is 3.58. The fourth-order valence-corrected chi connectivity index (χ4v) is 4.04. The Bertz CT molecular complexity index is 569. The number of nitrogens with one attached hydrogen (secondary N) is 2. The van der Waals surface area contributed by atoms with Crippen molar-refractivity contribution in [2.45, 2.75) is 75.7 Å². The van der Waals surface area contributed by atoms with Crippen molar-refractivity contribution in [3.05, 3.63) is 0 Å². The first kappa shape index (κ1) is 18.0. The Morgan fingerprint density at radius 1 is 1.04 bits per heavy atom. The minimum Gasteiger partial charge on any atom is -0.318 e. The highest BCUT2D eigenvalue weighted by Gasteiger charge is 2.69. The molecule has 2 aliphatic carbocycles. The van der Waals surface area contributed by atoms with Crippen LogP contribution < -0.4 is 10.6 Å². The van der Waals surface area contributed by atoms with Gasteiger partial charge in [-0.05, 0) is 25.7 Å². The van der Waals surface area contributed by atoms with E-state index < -0.39 is 41.6 Å². The third-order valence-corrected chi connectivity index (χ3v) is 5.45. The third kappa shape index (κ3) is 3.08. The smallest absolute Gasteiger partial charge is 0.318 e. The van der Waals surface area contributed by atoms with Gasteiger partial charge in [-0.25, -0.2) is 4.79 Å². The zero-order valence-electron chi connectivity index (χ0n) is 13.8. The second kappa shape index (κ2) is 6.49. The van der Waals surface area contributed by atoms with Gasteiger partial charge in [0.15, 0.2) is 0 Å². The molecule has 9 heteroatoms. The Balaban J connectivity index is 1.85. The number of hydrogen-bond acceptors (Lipinski definition) is 3. The predicted molar refractivity (Wildman–Crippen MR) is 81.1 cm³/mol. The van der Waals surface area contributed by atoms with Gasteiger partial charge in [-0.3, -0.25) is 19.8 Å². The van der Waals surface area contributed by atoms with Gasteiger partial charge in [0.05, 0.1) is 0 Å². The lowest BCUT2D eigenvalue weighted by Gasteiger charge is -2.32. The molecular weight excluding hydrogens is 339 g/mol. The maximum Gasteiger partial charge on any atom is 0.440 e. The van der Waals surface area contributed by atoms with Gasteiger partial charge in [-0.2, -0.15) is 13.2 Å². The Morgan fingerprint density at radius 3 is 2.16 bits per heavy atom. The normalized spacial score (nSPS) is 29.2. The number of carbonyl (C=O) groups excluding carboxylic acids is 3. The van der Waals surface area contributed by atoms with Crippen LogP contribution in [0.15, 0.2) is 0 Å². The van der Waals surface area contributed by atoms with E-state index in [0.29, 0.717) is 30.6 Å². The van der Waals surface area contributed by atoms with Gasteiger partial charge >= 0.3 is 12.2 Å². The van der Waals surface area contributed by atoms with Crippen molar-refractivity contribution in [3.8, 4) is 0 Å². The first-order valence-corrected chi connectivity index (χ1v) is 8.81. The highest BCUT2D eigenvalue weighted by molar-refractivity contribution is 6.09. The van der Waals surface area contributed by atoms with Gasteiger partial charge < -0.3 is 5.32 Å². The van der Waals surface area contributed by atoms with Crippen molar-refractivity contribution < 1.29 is 27.6 Å². The molecular formula is C16H22F3N3O3. The van der Waals surface area contributed by atoms with E-state index in [4.69, 9.17) is 0 Å². The summed E-state index contributed by atoms with van der Waals surface area (Å²) in [5.74, 6) is -2.79. The summed E-state index contributed by atoms with van der Waals surface area (Å²) < 4.78 is 41.3. The molecule has 0 aromatic carbocycles. The number of halogens is 3. The van der Waals surface area contributed by atoms with Crippen LogP contribution in [-0.4, -0.2) is 40.6 Å². The molecule has 1 aliphatic heterocycles. The molecule has 6 nitrogen and oxygen atoms in total. The lowest BCUT2D eigenvalue weighted by Crippen LogP contribution is -2.70. The van der Waals surface area contributed by atoms with Gasteiger partial charge in [0.2, 0.25) is 5.91 Å². The molecule has 0 radical (unpaired) electrons. The van der Waals surface area contributed by atoms with E-state index in [-0.39, 0.29) is 0 Å². The molecule has 0 aromatic rings. The fourth-order valence-electron chi connectivity index (χ4n) is 4.04. The molecule has 25 heavy (non-hydrogen) atoms. The molecule has 1 unspecified atom stereocenters. The van der Waals surface area contributed by atoms with Crippen LogP contribution in [0, 0.1) is 5.92 Å². The number of amides is 4. The maximum absolute atomic E-state index is 13.8. The fraction of sp³-hybridized carbons (Fsp3) is 0.812. The van der Waals surface area contributed by atoms with Crippen molar-refractivity contribution in [2.24, 2.45) is 5.92 Å². The average Bonchev–Trinajstić information content (AvgIpc) is 3.15. The van der Waals surface area contributed by atoms with Crippen molar-refractivity contribution in [1.82, 2.24) is 15.5 Å². The summed E-state index contributed by atoms with van der Waals surface area (Å²) >= 11 is 0. The molecule has 3 aliphatic rings. The summed E-state index contributed by atoms with van der Waals surface area (Å²) in [6.45, 7) is 0. The van der Waals surface area contributed by atoms with Crippen LogP contribution in [-0.2, 0) is 9.59 Å².